The average molecular weight is 304 g/mol. The van der Waals surface area contributed by atoms with Gasteiger partial charge in [-0.05, 0) is 0 Å². The van der Waals surface area contributed by atoms with Gasteiger partial charge in [-0.2, -0.15) is 0 Å². The summed E-state index contributed by atoms with van der Waals surface area (Å²) in [5, 5.41) is 0. The fourth-order valence-corrected chi connectivity index (χ4v) is 0. The Labute approximate surface area is 105 Å². The molecule has 0 aromatic rings. The average Bonchev–Trinajstić information content (AvgIpc) is 0. The molecule has 0 aliphatic rings. The summed E-state index contributed by atoms with van der Waals surface area (Å²) in [6, 6.07) is 0. The monoisotopic (exact) mass is 304 g/mol. The number of hydrogen-bond donors (Lipinski definition) is 0. The molecular weight excluding hydrogens is 283 g/mol. The van der Waals surface area contributed by atoms with Gasteiger partial charge in [0.1, 0.15) is 0 Å². The molecule has 0 aliphatic carbocycles. The minimum absolute atomic E-state index is 0. The minimum Gasteiger partial charge on any atom is -0.0776 e. The molecule has 0 aromatic carbocycles. The molecule has 0 aliphatic heterocycles. The molecule has 0 unspecified atom stereocenters. The Hall–Kier alpha value is 2.08. The van der Waals surface area contributed by atoms with Crippen molar-refractivity contribution in [2.24, 2.45) is 0 Å². The van der Waals surface area contributed by atoms with Crippen LogP contribution in [0.4, 0.5) is 0 Å². The Kier molecular flexibility index (Phi) is 5570. The minimum atomic E-state index is 0. The van der Waals surface area contributed by atoms with Gasteiger partial charge < -0.3 is 0 Å². The van der Waals surface area contributed by atoms with Gasteiger partial charge in [0.25, 0.3) is 0 Å². The first-order valence-corrected chi connectivity index (χ1v) is 0. The topological polar surface area (TPSA) is 0 Å². The van der Waals surface area contributed by atoms with Crippen molar-refractivity contribution in [2.75, 3.05) is 0 Å². The Balaban J connectivity index is 0. The number of rotatable bonds is 0. The first kappa shape index (κ1) is 261. The van der Waals surface area contributed by atoms with Crippen LogP contribution in [0.3, 0.4) is 0 Å². The Bertz CT molecular complexity index is 8.92. The van der Waals surface area contributed by atoms with Crippen LogP contribution in [0.5, 0.6) is 0 Å². The first-order chi connectivity index (χ1) is 0. The normalized spacial score (nSPS) is 0. The maximum atomic E-state index is 0. The van der Waals surface area contributed by atoms with E-state index in [0.717, 1.165) is 0 Å². The van der Waals surface area contributed by atoms with Crippen molar-refractivity contribution in [3.63, 3.8) is 0 Å². The summed E-state index contributed by atoms with van der Waals surface area (Å²) >= 11 is 0. The van der Waals surface area contributed by atoms with Gasteiger partial charge in [-0.25, -0.2) is 0 Å². The first-order valence-electron chi connectivity index (χ1n) is 0. The van der Waals surface area contributed by atoms with E-state index in [1.807, 2.05) is 0 Å². The van der Waals surface area contributed by atoms with E-state index in [1.54, 1.807) is 0 Å². The second kappa shape index (κ2) is 192. The molecule has 0 saturated heterocycles. The largest absolute Gasteiger partial charge is 3.00 e. The quantitative estimate of drug-likeness (QED) is 0.603. The maximum Gasteiger partial charge on any atom is 3.00 e. The summed E-state index contributed by atoms with van der Waals surface area (Å²) in [5.74, 6) is 0. The zero-order chi connectivity index (χ0) is 0. The van der Waals surface area contributed by atoms with Gasteiger partial charge in [0.2, 0.25) is 0 Å². The third-order valence-electron chi connectivity index (χ3n) is 0. The van der Waals surface area contributed by atoms with Crippen LogP contribution >= 0.6 is 0 Å². The van der Waals surface area contributed by atoms with Crippen molar-refractivity contribution in [3.8, 4) is 0 Å². The molecule has 9 heavy (non-hydrogen) atoms. The van der Waals surface area contributed by atoms with Crippen molar-refractivity contribution < 1.29 is 68.3 Å². The molecule has 0 rings (SSSR count). The van der Waals surface area contributed by atoms with Crippen LogP contribution in [-0.4, -0.2) is 0 Å². The fraction of sp³-hybridized carbons (Fsp3) is 1.00. The van der Waals surface area contributed by atoms with E-state index in [0.29, 0.717) is 0 Å². The summed E-state index contributed by atoms with van der Waals surface area (Å²) in [5.41, 5.74) is 0. The summed E-state index contributed by atoms with van der Waals surface area (Å²) in [6.45, 7) is 0. The van der Waals surface area contributed by atoms with Crippen LogP contribution in [0.1, 0.15) is 37.1 Å². The molecule has 0 saturated carbocycles. The predicted molar refractivity (Wildman–Crippen MR) is 33.7 cm³/mol. The molecule has 0 N–H and O–H groups in total. The summed E-state index contributed by atoms with van der Waals surface area (Å²) < 4.78 is 0. The van der Waals surface area contributed by atoms with Crippen LogP contribution in [-0.2, 0) is 68.3 Å². The van der Waals surface area contributed by atoms with Crippen molar-refractivity contribution in [1.29, 1.82) is 0 Å². The molecule has 0 bridgehead atoms. The van der Waals surface area contributed by atoms with Crippen LogP contribution in [0, 0.1) is 0 Å². The molecule has 0 atom stereocenters. The van der Waals surface area contributed by atoms with Gasteiger partial charge in [0.15, 0.2) is 0 Å². The van der Waals surface area contributed by atoms with Gasteiger partial charge in [0.05, 0.1) is 0 Å². The Morgan fingerprint density at radius 2 is 0.333 bits per heavy atom. The molecule has 0 heterocycles. The zero-order valence-corrected chi connectivity index (χ0v) is 5.83. The molecule has 2 radical (unpaired) electrons. The van der Waals surface area contributed by atoms with E-state index in [1.165, 1.54) is 0 Å². The van der Waals surface area contributed by atoms with Crippen molar-refractivity contribution in [1.82, 2.24) is 0 Å². The maximum absolute atomic E-state index is 0. The Morgan fingerprint density at radius 1 is 0.333 bits per heavy atom. The molecule has 0 fully saturated rings. The van der Waals surface area contributed by atoms with Crippen molar-refractivity contribution in [2.45, 2.75) is 37.1 Å². The van der Waals surface area contributed by atoms with Crippen LogP contribution in [0.2, 0.25) is 0 Å². The second-order valence-corrected chi connectivity index (χ2v) is 0. The van der Waals surface area contributed by atoms with Gasteiger partial charge in [0, 0.05) is 0 Å². The summed E-state index contributed by atoms with van der Waals surface area (Å²) in [4.78, 5) is 0. The van der Waals surface area contributed by atoms with Gasteiger partial charge >= 0.3 is 68.3 Å². The predicted octanol–water partition coefficient (Wildman–Crippen LogP) is 3.17. The van der Waals surface area contributed by atoms with Crippen LogP contribution in [0.15, 0.2) is 0 Å². The van der Waals surface area contributed by atoms with Crippen molar-refractivity contribution >= 4 is 0 Å². The van der Waals surface area contributed by atoms with Crippen molar-refractivity contribution in [3.05, 3.63) is 0 Å². The van der Waals surface area contributed by atoms with E-state index in [9.17, 15) is 0 Å². The van der Waals surface area contributed by atoms with E-state index < -0.39 is 0 Å². The molecule has 0 nitrogen and oxygen atoms in total. The SMILES string of the molecule is C.C.C.C.C.[Fe+2].[Fe+2].[Fe+3].[Fe+3]. The Morgan fingerprint density at radius 3 is 0.333 bits per heavy atom. The van der Waals surface area contributed by atoms with Gasteiger partial charge in [-0.15, -0.1) is 0 Å². The second-order valence-electron chi connectivity index (χ2n) is 0. The molecule has 62 valence electrons. The van der Waals surface area contributed by atoms with Crippen LogP contribution in [0.25, 0.3) is 0 Å². The molecule has 0 aromatic heterocycles. The van der Waals surface area contributed by atoms with E-state index in [2.05, 4.69) is 0 Å². The fourth-order valence-electron chi connectivity index (χ4n) is 0. The van der Waals surface area contributed by atoms with Crippen LogP contribution < -0.4 is 0 Å². The van der Waals surface area contributed by atoms with E-state index >= 15 is 0 Å². The zero-order valence-electron chi connectivity index (χ0n) is 1.41. The van der Waals surface area contributed by atoms with E-state index in [4.69, 9.17) is 0 Å². The third kappa shape index (κ3) is 152. The molecule has 0 amide bonds. The van der Waals surface area contributed by atoms with E-state index in [-0.39, 0.29) is 105 Å². The van der Waals surface area contributed by atoms with Gasteiger partial charge in [-0.1, -0.05) is 37.1 Å². The third-order valence-corrected chi connectivity index (χ3v) is 0. The standard InChI is InChI=1S/5CH4.4Fe/h5*1H4;;;;/q;;;;;2*+2;2*+3. The molecular formula is C5H20Fe4+10. The summed E-state index contributed by atoms with van der Waals surface area (Å²) in [6.07, 6.45) is 0. The summed E-state index contributed by atoms with van der Waals surface area (Å²) in [7, 11) is 0. The molecule has 0 spiro atoms. The smallest absolute Gasteiger partial charge is 0.0776 e. The number of hydrogen-bond acceptors (Lipinski definition) is 0. The van der Waals surface area contributed by atoms with Gasteiger partial charge in [-0.3, -0.25) is 0 Å². The molecule has 4 heteroatoms.